The fourth-order valence-electron chi connectivity index (χ4n) is 4.00. The number of carbonyl (C=O) groups is 3. The highest BCUT2D eigenvalue weighted by atomic mass is 16.5. The lowest BCUT2D eigenvalue weighted by molar-refractivity contribution is -0.157. The molecule has 0 bridgehead atoms. The molecule has 188 valence electrons. The Labute approximate surface area is 195 Å². The van der Waals surface area contributed by atoms with Gasteiger partial charge in [0.25, 0.3) is 0 Å². The van der Waals surface area contributed by atoms with Crippen molar-refractivity contribution in [2.75, 3.05) is 27.8 Å². The third-order valence-corrected chi connectivity index (χ3v) is 6.21. The summed E-state index contributed by atoms with van der Waals surface area (Å²) in [5.41, 5.74) is 5.50. The Morgan fingerprint density at radius 2 is 1.53 bits per heavy atom. The van der Waals surface area contributed by atoms with Crippen LogP contribution in [0.1, 0.15) is 73.6 Å². The summed E-state index contributed by atoms with van der Waals surface area (Å²) in [5.74, 6) is -0.926. The van der Waals surface area contributed by atoms with Crippen LogP contribution in [-0.2, 0) is 23.9 Å². The van der Waals surface area contributed by atoms with Gasteiger partial charge in [-0.25, -0.2) is 0 Å². The van der Waals surface area contributed by atoms with Crippen molar-refractivity contribution in [3.8, 4) is 0 Å². The van der Waals surface area contributed by atoms with Gasteiger partial charge in [-0.1, -0.05) is 47.5 Å². The number of rotatable bonds is 16. The van der Waals surface area contributed by atoms with Gasteiger partial charge >= 0.3 is 0 Å². The molecule has 0 spiro atoms. The van der Waals surface area contributed by atoms with E-state index in [2.05, 4.69) is 13.8 Å². The minimum atomic E-state index is -0.744. The molecule has 32 heavy (non-hydrogen) atoms. The number of nitrogens with zero attached hydrogens (tertiary/aromatic N) is 2. The van der Waals surface area contributed by atoms with E-state index < -0.39 is 24.2 Å². The monoisotopic (exact) mass is 457 g/mol. The summed E-state index contributed by atoms with van der Waals surface area (Å²) in [7, 11) is 4.84. The summed E-state index contributed by atoms with van der Waals surface area (Å²) in [6, 6.07) is -0.247. The van der Waals surface area contributed by atoms with Crippen LogP contribution in [0.25, 0.3) is 0 Å². The largest absolute Gasteiger partial charge is 0.379 e. The van der Waals surface area contributed by atoms with E-state index in [4.69, 9.17) is 15.2 Å². The van der Waals surface area contributed by atoms with Crippen molar-refractivity contribution in [1.82, 2.24) is 9.80 Å². The molecule has 0 radical (unpaired) electrons. The van der Waals surface area contributed by atoms with E-state index in [0.717, 1.165) is 19.3 Å². The Bertz CT molecular complexity index is 584. The molecule has 5 unspecified atom stereocenters. The molecule has 0 aromatic rings. The van der Waals surface area contributed by atoms with Crippen LogP contribution < -0.4 is 5.73 Å². The lowest BCUT2D eigenvalue weighted by Crippen LogP contribution is -2.53. The van der Waals surface area contributed by atoms with E-state index in [1.165, 1.54) is 7.11 Å². The zero-order chi connectivity index (χ0) is 25.0. The normalized spacial score (nSPS) is 16.2. The van der Waals surface area contributed by atoms with Crippen LogP contribution in [-0.4, -0.2) is 73.7 Å². The molecule has 0 aromatic heterocycles. The van der Waals surface area contributed by atoms with E-state index in [1.807, 2.05) is 20.8 Å². The quantitative estimate of drug-likeness (QED) is 0.359. The summed E-state index contributed by atoms with van der Waals surface area (Å²) >= 11 is 0. The van der Waals surface area contributed by atoms with Gasteiger partial charge in [0.05, 0.1) is 24.5 Å². The Kier molecular flexibility index (Phi) is 14.4. The molecule has 5 atom stereocenters. The summed E-state index contributed by atoms with van der Waals surface area (Å²) in [5, 5.41) is 0. The average Bonchev–Trinajstić information content (AvgIpc) is 2.74. The summed E-state index contributed by atoms with van der Waals surface area (Å²) in [6.45, 7) is 12.3. The van der Waals surface area contributed by atoms with E-state index in [9.17, 15) is 14.4 Å². The first-order valence-electron chi connectivity index (χ1n) is 11.9. The van der Waals surface area contributed by atoms with Crippen molar-refractivity contribution in [2.45, 2.75) is 92.0 Å². The maximum absolute atomic E-state index is 13.4. The summed E-state index contributed by atoms with van der Waals surface area (Å²) < 4.78 is 11.3. The molecular weight excluding hydrogens is 410 g/mol. The van der Waals surface area contributed by atoms with Gasteiger partial charge in [-0.15, -0.1) is 0 Å². The summed E-state index contributed by atoms with van der Waals surface area (Å²) in [4.78, 5) is 41.4. The third-order valence-electron chi connectivity index (χ3n) is 6.21. The number of likely N-dealkylation sites (N-methyl/N-ethyl adjacent to an activating group) is 1. The van der Waals surface area contributed by atoms with E-state index in [1.54, 1.807) is 30.9 Å². The van der Waals surface area contributed by atoms with Gasteiger partial charge in [0.1, 0.15) is 6.23 Å². The van der Waals surface area contributed by atoms with Crippen LogP contribution in [0.2, 0.25) is 0 Å². The van der Waals surface area contributed by atoms with Crippen molar-refractivity contribution in [1.29, 1.82) is 0 Å². The van der Waals surface area contributed by atoms with E-state index in [-0.39, 0.29) is 36.1 Å². The van der Waals surface area contributed by atoms with Crippen LogP contribution in [0.15, 0.2) is 0 Å². The third kappa shape index (κ3) is 9.06. The van der Waals surface area contributed by atoms with Crippen LogP contribution in [0.4, 0.5) is 0 Å². The topological polar surface area (TPSA) is 102 Å². The zero-order valence-electron chi connectivity index (χ0n) is 21.7. The van der Waals surface area contributed by atoms with Crippen LogP contribution in [0.3, 0.4) is 0 Å². The van der Waals surface area contributed by atoms with E-state index in [0.29, 0.717) is 13.0 Å². The minimum Gasteiger partial charge on any atom is -0.379 e. The number of methoxy groups -OCH3 is 2. The second kappa shape index (κ2) is 15.2. The molecule has 0 saturated carbocycles. The van der Waals surface area contributed by atoms with Crippen LogP contribution in [0.5, 0.6) is 0 Å². The molecule has 0 aliphatic heterocycles. The highest BCUT2D eigenvalue weighted by Gasteiger charge is 2.37. The number of amides is 3. The van der Waals surface area contributed by atoms with Crippen molar-refractivity contribution in [2.24, 2.45) is 23.5 Å². The molecule has 2 N–H and O–H groups in total. The second-order valence-electron chi connectivity index (χ2n) is 9.22. The summed E-state index contributed by atoms with van der Waals surface area (Å²) in [6.07, 6.45) is 1.81. The maximum atomic E-state index is 13.4. The standard InChI is InChI=1S/C24H47N3O5/c1-10-12-13-27(24(32-9)18(6)23(25)30)21(29)15-19(31-8)22(17(5)11-2)26(7)20(28)14-16(3)4/h16-19,22,24H,10-15H2,1-9H3,(H2,25,30). The molecule has 0 aliphatic rings. The minimum absolute atomic E-state index is 0.0414. The van der Waals surface area contributed by atoms with Gasteiger partial charge in [-0.05, 0) is 25.2 Å². The van der Waals surface area contributed by atoms with Gasteiger partial charge in [0, 0.05) is 34.2 Å². The molecule has 8 heteroatoms. The van der Waals surface area contributed by atoms with Crippen molar-refractivity contribution in [3.63, 3.8) is 0 Å². The first kappa shape index (κ1) is 30.3. The van der Waals surface area contributed by atoms with Gasteiger partial charge < -0.3 is 25.0 Å². The number of primary amides is 1. The Morgan fingerprint density at radius 3 is 1.94 bits per heavy atom. The molecular formula is C24H47N3O5. The van der Waals surface area contributed by atoms with Crippen molar-refractivity contribution in [3.05, 3.63) is 0 Å². The molecule has 0 saturated heterocycles. The molecule has 3 amide bonds. The van der Waals surface area contributed by atoms with Crippen molar-refractivity contribution >= 4 is 17.7 Å². The molecule has 0 fully saturated rings. The number of hydrogen-bond donors (Lipinski definition) is 1. The lowest BCUT2D eigenvalue weighted by atomic mass is 9.90. The van der Waals surface area contributed by atoms with Gasteiger partial charge in [0.2, 0.25) is 17.7 Å². The zero-order valence-corrected chi connectivity index (χ0v) is 21.7. The smallest absolute Gasteiger partial charge is 0.227 e. The van der Waals surface area contributed by atoms with Crippen molar-refractivity contribution < 1.29 is 23.9 Å². The molecule has 8 nitrogen and oxygen atoms in total. The van der Waals surface area contributed by atoms with E-state index >= 15 is 0 Å². The molecule has 0 aromatic carbocycles. The second-order valence-corrected chi connectivity index (χ2v) is 9.22. The Balaban J connectivity index is 5.85. The average molecular weight is 458 g/mol. The first-order chi connectivity index (χ1) is 15.0. The first-order valence-corrected chi connectivity index (χ1v) is 11.9. The molecule has 0 rings (SSSR count). The van der Waals surface area contributed by atoms with Gasteiger partial charge in [-0.2, -0.15) is 0 Å². The van der Waals surface area contributed by atoms with Crippen LogP contribution in [0, 0.1) is 17.8 Å². The number of nitrogens with two attached hydrogens (primary N) is 1. The predicted octanol–water partition coefficient (Wildman–Crippen LogP) is 3.03. The lowest BCUT2D eigenvalue weighted by Gasteiger charge is -2.39. The Morgan fingerprint density at radius 1 is 0.938 bits per heavy atom. The number of unbranched alkanes of at least 4 members (excludes halogenated alkanes) is 1. The van der Waals surface area contributed by atoms with Crippen LogP contribution >= 0.6 is 0 Å². The highest BCUT2D eigenvalue weighted by Crippen LogP contribution is 2.24. The number of hydrogen-bond acceptors (Lipinski definition) is 5. The highest BCUT2D eigenvalue weighted by molar-refractivity contribution is 5.80. The fourth-order valence-corrected chi connectivity index (χ4v) is 4.00. The van der Waals surface area contributed by atoms with Gasteiger partial charge in [0.15, 0.2) is 0 Å². The molecule has 0 heterocycles. The van der Waals surface area contributed by atoms with Gasteiger partial charge in [-0.3, -0.25) is 14.4 Å². The number of ether oxygens (including phenoxy) is 2. The molecule has 0 aliphatic carbocycles. The Hall–Kier alpha value is -1.67. The fraction of sp³-hybridized carbons (Fsp3) is 0.875. The SMILES string of the molecule is CCCCN(C(=O)CC(OC)C(C(C)CC)N(C)C(=O)CC(C)C)C(OC)C(C)C(N)=O. The number of carbonyl (C=O) groups excluding carboxylic acids is 3. The maximum Gasteiger partial charge on any atom is 0.227 e. The predicted molar refractivity (Wildman–Crippen MR) is 127 cm³/mol.